The molecule has 6 nitrogen and oxygen atoms in total. The second kappa shape index (κ2) is 8.87. The molecule has 182 valence electrons. The van der Waals surface area contributed by atoms with Crippen molar-refractivity contribution >= 4 is 34.4 Å². The van der Waals surface area contributed by atoms with Gasteiger partial charge in [0.1, 0.15) is 11.5 Å². The van der Waals surface area contributed by atoms with Gasteiger partial charge in [-0.1, -0.05) is 32.4 Å². The van der Waals surface area contributed by atoms with Crippen molar-refractivity contribution < 1.29 is 37.3 Å². The van der Waals surface area contributed by atoms with Crippen molar-refractivity contribution in [3.63, 3.8) is 0 Å². The van der Waals surface area contributed by atoms with Gasteiger partial charge in [0.25, 0.3) is 5.91 Å². The predicted octanol–water partition coefficient (Wildman–Crippen LogP) is 6.41. The Morgan fingerprint density at radius 1 is 1.09 bits per heavy atom. The van der Waals surface area contributed by atoms with Crippen LogP contribution in [0.4, 0.5) is 13.2 Å². The van der Waals surface area contributed by atoms with Gasteiger partial charge >= 0.3 is 12.3 Å². The number of halogens is 4. The summed E-state index contributed by atoms with van der Waals surface area (Å²) < 4.78 is 47.9. The summed E-state index contributed by atoms with van der Waals surface area (Å²) in [7, 11) is 1.42. The van der Waals surface area contributed by atoms with Gasteiger partial charge < -0.3 is 14.6 Å². The number of methoxy groups -OCH3 is 1. The summed E-state index contributed by atoms with van der Waals surface area (Å²) in [6, 6.07) is 7.58. The normalized spacial score (nSPS) is 13.1. The van der Waals surface area contributed by atoms with Crippen LogP contribution in [0.3, 0.4) is 0 Å². The maximum atomic E-state index is 13.5. The molecule has 1 aromatic heterocycles. The number of alkyl halides is 3. The number of fused-ring (bicyclic) bond motifs is 1. The molecular weight excluding hydrogens is 475 g/mol. The highest BCUT2D eigenvalue weighted by atomic mass is 35.5. The van der Waals surface area contributed by atoms with Crippen LogP contribution in [-0.2, 0) is 4.79 Å². The van der Waals surface area contributed by atoms with E-state index in [1.807, 2.05) is 0 Å². The molecule has 0 aliphatic rings. The average molecular weight is 498 g/mol. The molecule has 0 radical (unpaired) electrons. The number of rotatable bonds is 5. The average Bonchev–Trinajstić information content (AvgIpc) is 2.96. The molecule has 0 fully saturated rings. The largest absolute Gasteiger partial charge is 0.573 e. The Morgan fingerprint density at radius 3 is 2.15 bits per heavy atom. The van der Waals surface area contributed by atoms with Crippen molar-refractivity contribution in [2.45, 2.75) is 40.0 Å². The Hall–Kier alpha value is -3.20. The summed E-state index contributed by atoms with van der Waals surface area (Å²) in [5.41, 5.74) is 0.532. The number of carboxylic acids is 1. The monoisotopic (exact) mass is 497 g/mol. The topological polar surface area (TPSA) is 77.8 Å². The zero-order valence-electron chi connectivity index (χ0n) is 19.1. The Labute approximate surface area is 198 Å². The van der Waals surface area contributed by atoms with Gasteiger partial charge in [-0.25, -0.2) is 0 Å². The van der Waals surface area contributed by atoms with Crippen molar-refractivity contribution in [3.8, 4) is 11.5 Å². The molecular formula is C24H23ClF3NO5. The number of carboxylic acid groups (broad SMARTS) is 1. The van der Waals surface area contributed by atoms with Gasteiger partial charge in [0, 0.05) is 16.6 Å². The zero-order chi connectivity index (χ0) is 25.6. The van der Waals surface area contributed by atoms with Crippen LogP contribution in [0.5, 0.6) is 11.5 Å². The van der Waals surface area contributed by atoms with E-state index in [0.717, 1.165) is 12.1 Å². The minimum absolute atomic E-state index is 0.0793. The van der Waals surface area contributed by atoms with Crippen LogP contribution in [0.2, 0.25) is 5.02 Å². The molecule has 34 heavy (non-hydrogen) atoms. The summed E-state index contributed by atoms with van der Waals surface area (Å²) in [6.07, 6.45) is -4.86. The van der Waals surface area contributed by atoms with Gasteiger partial charge in [-0.3, -0.25) is 14.2 Å². The number of carbonyl (C=O) groups is 2. The van der Waals surface area contributed by atoms with E-state index in [2.05, 4.69) is 4.74 Å². The molecule has 0 bridgehead atoms. The van der Waals surface area contributed by atoms with Crippen LogP contribution in [-0.4, -0.2) is 35.0 Å². The molecule has 0 aliphatic carbocycles. The van der Waals surface area contributed by atoms with Gasteiger partial charge in [0.2, 0.25) is 0 Å². The van der Waals surface area contributed by atoms with E-state index >= 15 is 0 Å². The maximum Gasteiger partial charge on any atom is 0.573 e. The fraction of sp³-hybridized carbons (Fsp3) is 0.333. The SMILES string of the molecule is COc1cc2c(C(C(=O)O)C(C)(C)C)c(C)n(C(=O)c3ccc(OC(F)(F)F)cc3)c2cc1Cl. The second-order valence-electron chi connectivity index (χ2n) is 8.85. The minimum atomic E-state index is -4.86. The standard InChI is InChI=1S/C24H23ClF3NO5/c1-12-19(20(22(31)32)23(2,3)4)15-10-18(33-5)16(25)11-17(15)29(12)21(30)13-6-8-14(9-7-13)34-24(26,27)28/h6-11,20H,1-5H3,(H,31,32). The van der Waals surface area contributed by atoms with Gasteiger partial charge in [-0.05, 0) is 54.3 Å². The molecule has 0 saturated carbocycles. The molecule has 10 heteroatoms. The molecule has 0 spiro atoms. The number of benzene rings is 2. The molecule has 1 unspecified atom stereocenters. The molecule has 0 amide bonds. The minimum Gasteiger partial charge on any atom is -0.495 e. The summed E-state index contributed by atoms with van der Waals surface area (Å²) in [6.45, 7) is 6.96. The quantitative estimate of drug-likeness (QED) is 0.440. The molecule has 2 aromatic carbocycles. The summed E-state index contributed by atoms with van der Waals surface area (Å²) in [5, 5.41) is 10.7. The van der Waals surface area contributed by atoms with Crippen LogP contribution < -0.4 is 9.47 Å². The van der Waals surface area contributed by atoms with Crippen molar-refractivity contribution in [3.05, 3.63) is 58.2 Å². The lowest BCUT2D eigenvalue weighted by Crippen LogP contribution is -2.27. The van der Waals surface area contributed by atoms with E-state index in [9.17, 15) is 27.9 Å². The van der Waals surface area contributed by atoms with E-state index in [-0.39, 0.29) is 10.6 Å². The third-order valence-corrected chi connectivity index (χ3v) is 5.76. The molecule has 0 saturated heterocycles. The first-order valence-electron chi connectivity index (χ1n) is 10.2. The van der Waals surface area contributed by atoms with E-state index in [1.54, 1.807) is 33.8 Å². The number of nitrogens with zero attached hydrogens (tertiary/aromatic N) is 1. The molecule has 1 atom stereocenters. The molecule has 3 rings (SSSR count). The lowest BCUT2D eigenvalue weighted by Gasteiger charge is -2.28. The Balaban J connectivity index is 2.25. The Bertz CT molecular complexity index is 1260. The summed E-state index contributed by atoms with van der Waals surface area (Å²) >= 11 is 6.31. The Kier molecular flexibility index (Phi) is 6.63. The summed E-state index contributed by atoms with van der Waals surface area (Å²) in [5.74, 6) is -2.76. The number of ether oxygens (including phenoxy) is 2. The zero-order valence-corrected chi connectivity index (χ0v) is 19.8. The third-order valence-electron chi connectivity index (χ3n) is 5.47. The Morgan fingerprint density at radius 2 is 1.68 bits per heavy atom. The number of hydrogen-bond acceptors (Lipinski definition) is 4. The van der Waals surface area contributed by atoms with Crippen LogP contribution >= 0.6 is 11.6 Å². The lowest BCUT2D eigenvalue weighted by molar-refractivity contribution is -0.274. The molecule has 3 aromatic rings. The fourth-order valence-corrected chi connectivity index (χ4v) is 4.31. The highest BCUT2D eigenvalue weighted by Crippen LogP contribution is 2.44. The van der Waals surface area contributed by atoms with Crippen LogP contribution in [0.15, 0.2) is 36.4 Å². The number of aromatic nitrogens is 1. The first-order valence-corrected chi connectivity index (χ1v) is 10.5. The molecule has 1 N–H and O–H groups in total. The highest BCUT2D eigenvalue weighted by Gasteiger charge is 2.38. The predicted molar refractivity (Wildman–Crippen MR) is 121 cm³/mol. The third kappa shape index (κ3) is 4.84. The van der Waals surface area contributed by atoms with Crippen molar-refractivity contribution in [1.82, 2.24) is 4.57 Å². The molecule has 0 aliphatic heterocycles. The summed E-state index contributed by atoms with van der Waals surface area (Å²) in [4.78, 5) is 25.8. The van der Waals surface area contributed by atoms with E-state index in [0.29, 0.717) is 27.9 Å². The lowest BCUT2D eigenvalue weighted by atomic mass is 9.75. The maximum absolute atomic E-state index is 13.5. The van der Waals surface area contributed by atoms with Crippen LogP contribution in [0.25, 0.3) is 10.9 Å². The van der Waals surface area contributed by atoms with E-state index < -0.39 is 35.3 Å². The number of hydrogen-bond donors (Lipinski definition) is 1. The first-order chi connectivity index (χ1) is 15.7. The second-order valence-corrected chi connectivity index (χ2v) is 9.26. The van der Waals surface area contributed by atoms with E-state index in [4.69, 9.17) is 16.3 Å². The van der Waals surface area contributed by atoms with Gasteiger partial charge in [-0.2, -0.15) is 0 Å². The first kappa shape index (κ1) is 25.4. The van der Waals surface area contributed by atoms with Gasteiger partial charge in [0.05, 0.1) is 23.6 Å². The van der Waals surface area contributed by atoms with Gasteiger partial charge in [-0.15, -0.1) is 13.2 Å². The number of aliphatic carboxylic acids is 1. The fourth-order valence-electron chi connectivity index (χ4n) is 4.08. The van der Waals surface area contributed by atoms with Gasteiger partial charge in [0.15, 0.2) is 0 Å². The smallest absolute Gasteiger partial charge is 0.495 e. The highest BCUT2D eigenvalue weighted by molar-refractivity contribution is 6.33. The number of carbonyl (C=O) groups excluding carboxylic acids is 1. The van der Waals surface area contributed by atoms with Crippen LogP contribution in [0.1, 0.15) is 48.3 Å². The molecule has 1 heterocycles. The van der Waals surface area contributed by atoms with Crippen molar-refractivity contribution in [2.75, 3.05) is 7.11 Å². The van der Waals surface area contributed by atoms with Crippen molar-refractivity contribution in [1.29, 1.82) is 0 Å². The van der Waals surface area contributed by atoms with Crippen molar-refractivity contribution in [2.24, 2.45) is 5.41 Å². The van der Waals surface area contributed by atoms with E-state index in [1.165, 1.54) is 29.9 Å². The van der Waals surface area contributed by atoms with Crippen LogP contribution in [0, 0.1) is 12.3 Å².